The molecule has 34 heavy (non-hydrogen) atoms. The minimum atomic E-state index is -0.388. The summed E-state index contributed by atoms with van der Waals surface area (Å²) in [7, 11) is 0. The Bertz CT molecular complexity index is 1280. The van der Waals surface area contributed by atoms with Gasteiger partial charge in [0.2, 0.25) is 5.70 Å². The maximum atomic E-state index is 13.1. The van der Waals surface area contributed by atoms with Crippen molar-refractivity contribution in [2.24, 2.45) is 21.7 Å². The number of amidine groups is 1. The fourth-order valence-corrected chi connectivity index (χ4v) is 3.97. The molecule has 3 amide bonds. The van der Waals surface area contributed by atoms with Crippen LogP contribution < -0.4 is 21.8 Å². The van der Waals surface area contributed by atoms with Gasteiger partial charge in [-0.25, -0.2) is 4.79 Å². The molecule has 1 aliphatic carbocycles. The Kier molecular flexibility index (Phi) is 5.74. The fourth-order valence-electron chi connectivity index (χ4n) is 3.84. The Morgan fingerprint density at radius 1 is 1.09 bits per heavy atom. The number of nitrogens with one attached hydrogen (secondary N) is 3. The number of hydrogen-bond donors (Lipinski definition) is 4. The molecule has 5 N–H and O–H groups in total. The number of anilines is 2. The third-order valence-electron chi connectivity index (χ3n) is 5.73. The molecule has 0 saturated heterocycles. The topological polar surface area (TPSA) is 121 Å². The Morgan fingerprint density at radius 2 is 1.88 bits per heavy atom. The Hall–Kier alpha value is -3.79. The highest BCUT2D eigenvalue weighted by Crippen LogP contribution is 2.43. The van der Waals surface area contributed by atoms with Gasteiger partial charge in [0.1, 0.15) is 11.9 Å². The lowest BCUT2D eigenvalue weighted by Gasteiger charge is -2.25. The maximum Gasteiger partial charge on any atom is 0.333 e. The van der Waals surface area contributed by atoms with Crippen LogP contribution >= 0.6 is 11.6 Å². The van der Waals surface area contributed by atoms with E-state index in [1.807, 2.05) is 6.07 Å². The summed E-state index contributed by atoms with van der Waals surface area (Å²) in [5.41, 5.74) is 3.60. The van der Waals surface area contributed by atoms with Crippen molar-refractivity contribution in [2.45, 2.75) is 19.4 Å². The van der Waals surface area contributed by atoms with Gasteiger partial charge in [0.15, 0.2) is 0 Å². The van der Waals surface area contributed by atoms with Crippen LogP contribution in [0.1, 0.15) is 18.4 Å². The molecule has 2 heterocycles. The molecule has 2 aromatic rings. The number of fused-ring (bicyclic) bond motifs is 1. The number of rotatable bonds is 6. The van der Waals surface area contributed by atoms with Gasteiger partial charge in [-0.15, -0.1) is 4.59 Å². The smallest absolute Gasteiger partial charge is 0.333 e. The van der Waals surface area contributed by atoms with Crippen LogP contribution in [0.4, 0.5) is 16.2 Å². The van der Waals surface area contributed by atoms with E-state index in [2.05, 4.69) is 25.9 Å². The molecule has 1 fully saturated rings. The molecular weight excluding hydrogens is 454 g/mol. The van der Waals surface area contributed by atoms with E-state index in [0.717, 1.165) is 29.8 Å². The summed E-state index contributed by atoms with van der Waals surface area (Å²) in [5.74, 6) is 6.69. The minimum absolute atomic E-state index is 0.199. The fraction of sp³-hybridized carbons (Fsp3) is 0.167. The van der Waals surface area contributed by atoms with Crippen LogP contribution in [-0.4, -0.2) is 28.6 Å². The third kappa shape index (κ3) is 4.49. The number of quaternary nitrogens is 1. The number of benzene rings is 2. The van der Waals surface area contributed by atoms with E-state index in [1.165, 1.54) is 0 Å². The number of hydrogen-bond acceptors (Lipinski definition) is 5. The molecule has 1 saturated carbocycles. The highest BCUT2D eigenvalue weighted by molar-refractivity contribution is 6.40. The van der Waals surface area contributed by atoms with E-state index in [-0.39, 0.29) is 28.9 Å². The van der Waals surface area contributed by atoms with E-state index >= 15 is 0 Å². The number of amides is 3. The Morgan fingerprint density at radius 3 is 2.65 bits per heavy atom. The van der Waals surface area contributed by atoms with Crippen LogP contribution in [-0.2, 0) is 11.3 Å². The maximum absolute atomic E-state index is 13.1. The van der Waals surface area contributed by atoms with Crippen molar-refractivity contribution >= 4 is 47.0 Å². The number of aliphatic imine (C=N–C) groups is 2. The molecule has 0 bridgehead atoms. The zero-order valence-electron chi connectivity index (χ0n) is 18.2. The highest BCUT2D eigenvalue weighted by atomic mass is 35.5. The van der Waals surface area contributed by atoms with Gasteiger partial charge >= 0.3 is 17.8 Å². The van der Waals surface area contributed by atoms with Crippen molar-refractivity contribution in [2.75, 3.05) is 10.6 Å². The molecule has 1 atom stereocenters. The molecule has 2 aliphatic heterocycles. The van der Waals surface area contributed by atoms with Gasteiger partial charge in [-0.2, -0.15) is 10.8 Å². The van der Waals surface area contributed by atoms with E-state index in [4.69, 9.17) is 17.4 Å². The van der Waals surface area contributed by atoms with E-state index in [0.29, 0.717) is 22.3 Å². The standard InChI is InChI=1S/C24H22ClN7O2/c25-17-6-8-18(9-7-17)30-24(34)28-13-15-2-1-3-19(12-15)29-23(33)22-31-21(16-4-5-16)20-14-27-10-11-32(20,22)26/h1-3,6-12,14,16H,4-5,13,26H2,(H2-,28,29,30,33,34)/p+1. The number of nitrogens with two attached hydrogens (primary N) is 1. The van der Waals surface area contributed by atoms with Crippen molar-refractivity contribution in [3.8, 4) is 0 Å². The summed E-state index contributed by atoms with van der Waals surface area (Å²) >= 11 is 5.86. The van der Waals surface area contributed by atoms with Gasteiger partial charge in [-0.3, -0.25) is 9.79 Å². The first kappa shape index (κ1) is 22.0. The first-order chi connectivity index (χ1) is 16.4. The summed E-state index contributed by atoms with van der Waals surface area (Å²) in [6.45, 7) is 0.275. The van der Waals surface area contributed by atoms with E-state index < -0.39 is 0 Å². The summed E-state index contributed by atoms with van der Waals surface area (Å²) in [4.78, 5) is 34.1. The van der Waals surface area contributed by atoms with E-state index in [1.54, 1.807) is 61.1 Å². The van der Waals surface area contributed by atoms with Gasteiger partial charge < -0.3 is 16.0 Å². The summed E-state index contributed by atoms with van der Waals surface area (Å²) in [6.07, 6.45) is 6.98. The second-order valence-electron chi connectivity index (χ2n) is 8.30. The van der Waals surface area contributed by atoms with Crippen molar-refractivity contribution in [1.29, 1.82) is 0 Å². The van der Waals surface area contributed by atoms with Crippen LogP contribution in [0, 0.1) is 5.92 Å². The molecule has 10 heteroatoms. The molecule has 5 rings (SSSR count). The molecule has 1 unspecified atom stereocenters. The molecule has 0 spiro atoms. The van der Waals surface area contributed by atoms with Crippen LogP contribution in [0.15, 0.2) is 82.3 Å². The van der Waals surface area contributed by atoms with Gasteiger partial charge in [-0.1, -0.05) is 23.7 Å². The first-order valence-corrected chi connectivity index (χ1v) is 11.2. The number of urea groups is 1. The Labute approximate surface area is 201 Å². The van der Waals surface area contributed by atoms with E-state index in [9.17, 15) is 9.59 Å². The average molecular weight is 477 g/mol. The molecular formula is C24H23ClN7O2+. The molecule has 172 valence electrons. The lowest BCUT2D eigenvalue weighted by Crippen LogP contribution is -2.56. The number of nitrogens with zero attached hydrogens (tertiary/aromatic N) is 3. The van der Waals surface area contributed by atoms with Gasteiger partial charge in [0.05, 0.1) is 12.4 Å². The predicted molar refractivity (Wildman–Crippen MR) is 132 cm³/mol. The normalized spacial score (nSPS) is 20.6. The number of allylic oxidation sites excluding steroid dienone is 2. The van der Waals surface area contributed by atoms with Crippen LogP contribution in [0.5, 0.6) is 0 Å². The third-order valence-corrected chi connectivity index (χ3v) is 5.98. The second-order valence-corrected chi connectivity index (χ2v) is 8.74. The van der Waals surface area contributed by atoms with Gasteiger partial charge in [0.25, 0.3) is 0 Å². The molecule has 3 aliphatic rings. The van der Waals surface area contributed by atoms with Crippen LogP contribution in [0.2, 0.25) is 5.02 Å². The number of carbonyl (C=O) groups excluding carboxylic acids is 2. The predicted octanol–water partition coefficient (Wildman–Crippen LogP) is 3.88. The average Bonchev–Trinajstić information content (AvgIpc) is 3.61. The van der Waals surface area contributed by atoms with Crippen LogP contribution in [0.25, 0.3) is 0 Å². The molecule has 0 radical (unpaired) electrons. The van der Waals surface area contributed by atoms with Gasteiger partial charge in [-0.05, 0) is 54.8 Å². The lowest BCUT2D eigenvalue weighted by molar-refractivity contribution is -0.749. The quantitative estimate of drug-likeness (QED) is 0.374. The molecule has 0 aromatic heterocycles. The number of halogens is 1. The van der Waals surface area contributed by atoms with Crippen molar-refractivity contribution < 1.29 is 14.2 Å². The SMILES string of the molecule is N[N+]12C=CN=CC1=C(C1CC1)N=C2C(=O)Nc1cccc(CNC(=O)Nc2ccc(Cl)cc2)c1. The van der Waals surface area contributed by atoms with Crippen molar-refractivity contribution in [3.63, 3.8) is 0 Å². The Balaban J connectivity index is 1.23. The first-order valence-electron chi connectivity index (χ1n) is 10.9. The summed E-state index contributed by atoms with van der Waals surface area (Å²) < 4.78 is -0.284. The molecule has 2 aromatic carbocycles. The summed E-state index contributed by atoms with van der Waals surface area (Å²) in [6, 6.07) is 13.7. The van der Waals surface area contributed by atoms with Crippen molar-refractivity contribution in [1.82, 2.24) is 5.32 Å². The largest absolute Gasteiger partial charge is 0.334 e. The monoisotopic (exact) mass is 476 g/mol. The lowest BCUT2D eigenvalue weighted by atomic mass is 10.2. The molecule has 9 nitrogen and oxygen atoms in total. The second kappa shape index (κ2) is 8.86. The van der Waals surface area contributed by atoms with Gasteiger partial charge in [0, 0.05) is 28.9 Å². The van der Waals surface area contributed by atoms with Crippen LogP contribution in [0.3, 0.4) is 0 Å². The summed E-state index contributed by atoms with van der Waals surface area (Å²) in [5, 5.41) is 9.01. The van der Waals surface area contributed by atoms with Crippen molar-refractivity contribution in [3.05, 3.63) is 82.9 Å². The zero-order chi connectivity index (χ0) is 23.7. The zero-order valence-corrected chi connectivity index (χ0v) is 18.9. The number of carbonyl (C=O) groups is 2. The highest BCUT2D eigenvalue weighted by Gasteiger charge is 2.50. The minimum Gasteiger partial charge on any atom is -0.334 e.